The molecule has 2 aromatic heterocycles. The molecule has 5 heteroatoms. The highest BCUT2D eigenvalue weighted by atomic mass is 32.1. The van der Waals surface area contributed by atoms with Gasteiger partial charge in [-0.05, 0) is 23.9 Å². The van der Waals surface area contributed by atoms with Crippen LogP contribution in [0, 0.1) is 6.92 Å². The molecule has 1 N–H and O–H groups in total. The van der Waals surface area contributed by atoms with Gasteiger partial charge in [-0.2, -0.15) is 0 Å². The van der Waals surface area contributed by atoms with E-state index in [0.717, 1.165) is 22.7 Å². The van der Waals surface area contributed by atoms with Crippen molar-refractivity contribution in [3.63, 3.8) is 0 Å². The number of thiophene rings is 1. The zero-order valence-electron chi connectivity index (χ0n) is 13.7. The Morgan fingerprint density at radius 2 is 1.88 bits per heavy atom. The molecule has 0 aliphatic carbocycles. The van der Waals surface area contributed by atoms with Gasteiger partial charge in [0.15, 0.2) is 0 Å². The average molecular weight is 337 g/mol. The molecule has 0 aliphatic heterocycles. The third-order valence-electron chi connectivity index (χ3n) is 3.80. The molecule has 0 bridgehead atoms. The fraction of sp³-hybridized carbons (Fsp3) is 0.211. The molecule has 0 radical (unpaired) electrons. The molecule has 2 heterocycles. The quantitative estimate of drug-likeness (QED) is 0.767. The number of aromatic nitrogens is 2. The van der Waals surface area contributed by atoms with Gasteiger partial charge in [-0.1, -0.05) is 42.8 Å². The Labute approximate surface area is 145 Å². The number of aryl methyl sites for hydroxylation is 2. The molecular weight excluding hydrogens is 318 g/mol. The summed E-state index contributed by atoms with van der Waals surface area (Å²) in [7, 11) is 0. The molecule has 1 atom stereocenters. The van der Waals surface area contributed by atoms with Gasteiger partial charge in [-0.3, -0.25) is 4.79 Å². The molecule has 1 aromatic carbocycles. The summed E-state index contributed by atoms with van der Waals surface area (Å²) in [4.78, 5) is 22.1. The number of carbonyl (C=O) groups is 1. The first-order valence-electron chi connectivity index (χ1n) is 7.89. The normalized spacial score (nSPS) is 11.9. The summed E-state index contributed by atoms with van der Waals surface area (Å²) in [6.45, 7) is 4.04. The van der Waals surface area contributed by atoms with Crippen molar-refractivity contribution < 1.29 is 4.79 Å². The summed E-state index contributed by atoms with van der Waals surface area (Å²) in [5.74, 6) is 0.566. The van der Waals surface area contributed by atoms with Crippen LogP contribution in [0.4, 0.5) is 0 Å². The van der Waals surface area contributed by atoms with E-state index >= 15 is 0 Å². The third-order valence-corrected chi connectivity index (χ3v) is 4.73. The summed E-state index contributed by atoms with van der Waals surface area (Å²) in [5.41, 5.74) is 2.72. The Kier molecular flexibility index (Phi) is 5.01. The first kappa shape index (κ1) is 16.3. The van der Waals surface area contributed by atoms with Gasteiger partial charge in [-0.25, -0.2) is 9.97 Å². The van der Waals surface area contributed by atoms with Crippen molar-refractivity contribution in [1.29, 1.82) is 0 Å². The molecule has 0 spiro atoms. The van der Waals surface area contributed by atoms with E-state index in [1.807, 2.05) is 24.4 Å². The van der Waals surface area contributed by atoms with Gasteiger partial charge in [0.05, 0.1) is 11.6 Å². The van der Waals surface area contributed by atoms with E-state index in [4.69, 9.17) is 0 Å². The number of benzene rings is 1. The second kappa shape index (κ2) is 7.36. The van der Waals surface area contributed by atoms with E-state index in [1.54, 1.807) is 23.7 Å². The highest BCUT2D eigenvalue weighted by Crippen LogP contribution is 2.26. The first-order valence-corrected chi connectivity index (χ1v) is 8.77. The van der Waals surface area contributed by atoms with E-state index in [2.05, 4.69) is 46.5 Å². The molecule has 4 nitrogen and oxygen atoms in total. The van der Waals surface area contributed by atoms with Crippen LogP contribution in [0.3, 0.4) is 0 Å². The maximum absolute atomic E-state index is 12.6. The molecule has 3 rings (SSSR count). The van der Waals surface area contributed by atoms with Crippen molar-refractivity contribution in [2.24, 2.45) is 0 Å². The minimum atomic E-state index is -0.177. The Morgan fingerprint density at radius 3 is 2.46 bits per heavy atom. The van der Waals surface area contributed by atoms with Crippen molar-refractivity contribution >= 4 is 17.2 Å². The van der Waals surface area contributed by atoms with Crippen LogP contribution in [-0.2, 0) is 6.42 Å². The second-order valence-electron chi connectivity index (χ2n) is 5.57. The van der Waals surface area contributed by atoms with Gasteiger partial charge < -0.3 is 5.32 Å². The minimum Gasteiger partial charge on any atom is -0.340 e. The van der Waals surface area contributed by atoms with Crippen LogP contribution >= 0.6 is 11.3 Å². The molecule has 0 aliphatic rings. The van der Waals surface area contributed by atoms with E-state index in [0.29, 0.717) is 5.56 Å². The number of nitrogens with one attached hydrogen (secondary N) is 1. The summed E-state index contributed by atoms with van der Waals surface area (Å²) >= 11 is 1.63. The number of rotatable bonds is 5. The zero-order valence-corrected chi connectivity index (χ0v) is 14.5. The van der Waals surface area contributed by atoms with Gasteiger partial charge in [0.25, 0.3) is 5.91 Å². The van der Waals surface area contributed by atoms with Crippen LogP contribution in [0.5, 0.6) is 0 Å². The highest BCUT2D eigenvalue weighted by molar-refractivity contribution is 7.10. The van der Waals surface area contributed by atoms with Crippen LogP contribution in [0.2, 0.25) is 0 Å². The van der Waals surface area contributed by atoms with Crippen LogP contribution < -0.4 is 5.32 Å². The summed E-state index contributed by atoms with van der Waals surface area (Å²) in [5, 5.41) is 5.12. The van der Waals surface area contributed by atoms with Crippen LogP contribution in [0.1, 0.15) is 45.2 Å². The lowest BCUT2D eigenvalue weighted by molar-refractivity contribution is 0.0942. The average Bonchev–Trinajstić information content (AvgIpc) is 3.15. The van der Waals surface area contributed by atoms with E-state index in [1.165, 1.54) is 5.56 Å². The molecule has 1 amide bonds. The van der Waals surface area contributed by atoms with Crippen LogP contribution in [0.25, 0.3) is 0 Å². The van der Waals surface area contributed by atoms with Gasteiger partial charge in [0.2, 0.25) is 0 Å². The van der Waals surface area contributed by atoms with Crippen molar-refractivity contribution in [3.05, 3.63) is 81.6 Å². The lowest BCUT2D eigenvalue weighted by Gasteiger charge is -2.18. The van der Waals surface area contributed by atoms with E-state index in [9.17, 15) is 4.79 Å². The Hall–Kier alpha value is -2.53. The molecule has 24 heavy (non-hydrogen) atoms. The van der Waals surface area contributed by atoms with Crippen molar-refractivity contribution in [2.45, 2.75) is 26.3 Å². The Bertz CT molecular complexity index is 796. The molecule has 0 saturated heterocycles. The maximum atomic E-state index is 12.6. The molecule has 0 fully saturated rings. The molecular formula is C19H19N3OS. The second-order valence-corrected chi connectivity index (χ2v) is 6.55. The van der Waals surface area contributed by atoms with Gasteiger partial charge in [0.1, 0.15) is 5.82 Å². The monoisotopic (exact) mass is 337 g/mol. The van der Waals surface area contributed by atoms with Gasteiger partial charge >= 0.3 is 0 Å². The summed E-state index contributed by atoms with van der Waals surface area (Å²) in [6, 6.07) is 12.1. The highest BCUT2D eigenvalue weighted by Gasteiger charge is 2.19. The SMILES string of the molecule is CCc1ncc(C(=O)NC(c2ccc(C)cc2)c2cccs2)cn1. The smallest absolute Gasteiger partial charge is 0.255 e. The predicted octanol–water partition coefficient (Wildman–Crippen LogP) is 3.93. The number of hydrogen-bond acceptors (Lipinski definition) is 4. The number of amides is 1. The standard InChI is InChI=1S/C19H19N3OS/c1-3-17-20-11-15(12-21-17)19(23)22-18(16-5-4-10-24-16)14-8-6-13(2)7-9-14/h4-12,18H,3H2,1-2H3,(H,22,23). The largest absolute Gasteiger partial charge is 0.340 e. The lowest BCUT2D eigenvalue weighted by Crippen LogP contribution is -2.29. The van der Waals surface area contributed by atoms with Crippen molar-refractivity contribution in [3.8, 4) is 0 Å². The fourth-order valence-electron chi connectivity index (χ4n) is 2.40. The van der Waals surface area contributed by atoms with Gasteiger partial charge in [-0.15, -0.1) is 11.3 Å². The molecule has 3 aromatic rings. The Balaban J connectivity index is 1.86. The number of carbonyl (C=O) groups excluding carboxylic acids is 1. The van der Waals surface area contributed by atoms with Crippen LogP contribution in [0.15, 0.2) is 54.2 Å². The fourth-order valence-corrected chi connectivity index (χ4v) is 3.20. The predicted molar refractivity (Wildman–Crippen MR) is 96.2 cm³/mol. The lowest BCUT2D eigenvalue weighted by atomic mass is 10.0. The molecule has 0 saturated carbocycles. The van der Waals surface area contributed by atoms with Crippen molar-refractivity contribution in [1.82, 2.24) is 15.3 Å². The maximum Gasteiger partial charge on any atom is 0.255 e. The number of hydrogen-bond donors (Lipinski definition) is 1. The van der Waals surface area contributed by atoms with Crippen molar-refractivity contribution in [2.75, 3.05) is 0 Å². The van der Waals surface area contributed by atoms with Crippen LogP contribution in [-0.4, -0.2) is 15.9 Å². The topological polar surface area (TPSA) is 54.9 Å². The number of nitrogens with zero attached hydrogens (tertiary/aromatic N) is 2. The zero-order chi connectivity index (χ0) is 16.9. The minimum absolute atomic E-state index is 0.170. The van der Waals surface area contributed by atoms with Gasteiger partial charge in [0, 0.05) is 23.7 Å². The van der Waals surface area contributed by atoms with E-state index in [-0.39, 0.29) is 11.9 Å². The summed E-state index contributed by atoms with van der Waals surface area (Å²) in [6.07, 6.45) is 3.92. The Morgan fingerprint density at radius 1 is 1.17 bits per heavy atom. The molecule has 122 valence electrons. The summed E-state index contributed by atoms with van der Waals surface area (Å²) < 4.78 is 0. The molecule has 1 unspecified atom stereocenters. The first-order chi connectivity index (χ1) is 11.7. The van der Waals surface area contributed by atoms with E-state index < -0.39 is 0 Å². The third kappa shape index (κ3) is 3.68.